The maximum absolute atomic E-state index is 12.7. The van der Waals surface area contributed by atoms with Gasteiger partial charge in [0.05, 0.1) is 24.9 Å². The van der Waals surface area contributed by atoms with Crippen molar-refractivity contribution < 1.29 is 9.53 Å². The Labute approximate surface area is 182 Å². The molecule has 0 atom stereocenters. The van der Waals surface area contributed by atoms with E-state index < -0.39 is 0 Å². The molecular formula is C27H26N2O2. The number of anilines is 1. The first-order valence-corrected chi connectivity index (χ1v) is 10.6. The number of ether oxygens (including phenoxy) is 1. The number of carbonyl (C=O) groups excluding carboxylic acids is 1. The van der Waals surface area contributed by atoms with Crippen molar-refractivity contribution in [2.45, 2.75) is 32.6 Å². The summed E-state index contributed by atoms with van der Waals surface area (Å²) in [6.07, 6.45) is 0.357. The molecule has 4 heteroatoms. The highest BCUT2D eigenvalue weighted by atomic mass is 16.5. The molecule has 0 saturated heterocycles. The van der Waals surface area contributed by atoms with Gasteiger partial charge in [0.1, 0.15) is 5.75 Å². The number of aromatic amines is 1. The Morgan fingerprint density at radius 2 is 1.65 bits per heavy atom. The average Bonchev–Trinajstić information content (AvgIpc) is 3.04. The van der Waals surface area contributed by atoms with Crippen LogP contribution in [0, 0.1) is 0 Å². The van der Waals surface area contributed by atoms with Gasteiger partial charge in [-0.15, -0.1) is 0 Å². The van der Waals surface area contributed by atoms with E-state index in [4.69, 9.17) is 4.74 Å². The summed E-state index contributed by atoms with van der Waals surface area (Å²) in [7, 11) is 1.67. The number of amides is 1. The molecule has 2 heterocycles. The Hall–Kier alpha value is -3.53. The van der Waals surface area contributed by atoms with Crippen LogP contribution in [0.1, 0.15) is 31.9 Å². The topological polar surface area (TPSA) is 54.1 Å². The van der Waals surface area contributed by atoms with Gasteiger partial charge in [-0.25, -0.2) is 0 Å². The number of carbonyl (C=O) groups is 1. The molecule has 3 aromatic carbocycles. The highest BCUT2D eigenvalue weighted by Gasteiger charge is 2.24. The van der Waals surface area contributed by atoms with Crippen molar-refractivity contribution in [2.24, 2.45) is 0 Å². The summed E-state index contributed by atoms with van der Waals surface area (Å²) < 4.78 is 5.29. The lowest BCUT2D eigenvalue weighted by Crippen LogP contribution is -2.13. The number of nitrogens with one attached hydrogen (secondary N) is 2. The van der Waals surface area contributed by atoms with Gasteiger partial charge in [-0.05, 0) is 64.1 Å². The molecule has 156 valence electrons. The minimum atomic E-state index is 0.0132. The summed E-state index contributed by atoms with van der Waals surface area (Å²) in [5.41, 5.74) is 8.50. The zero-order chi connectivity index (χ0) is 21.8. The Morgan fingerprint density at radius 3 is 2.35 bits per heavy atom. The third kappa shape index (κ3) is 3.38. The van der Waals surface area contributed by atoms with Crippen LogP contribution < -0.4 is 10.1 Å². The molecule has 2 N–H and O–H groups in total. The maximum atomic E-state index is 12.7. The van der Waals surface area contributed by atoms with Crippen LogP contribution in [0.2, 0.25) is 0 Å². The SMILES string of the molecule is COc1ccc(-c2ccc3c(c2)-c2[nH]c4ccc(C(C)(C)C)cc4c2CC(=O)N3)cc1. The van der Waals surface area contributed by atoms with Gasteiger partial charge in [-0.2, -0.15) is 0 Å². The van der Waals surface area contributed by atoms with E-state index in [0.717, 1.165) is 50.3 Å². The van der Waals surface area contributed by atoms with E-state index in [1.807, 2.05) is 24.3 Å². The molecule has 5 rings (SSSR count). The zero-order valence-electron chi connectivity index (χ0n) is 18.3. The number of fused-ring (bicyclic) bond motifs is 5. The largest absolute Gasteiger partial charge is 0.497 e. The van der Waals surface area contributed by atoms with Crippen LogP contribution in [0.4, 0.5) is 5.69 Å². The molecular weight excluding hydrogens is 384 g/mol. The predicted molar refractivity (Wildman–Crippen MR) is 127 cm³/mol. The molecule has 0 spiro atoms. The van der Waals surface area contributed by atoms with Gasteiger partial charge in [-0.3, -0.25) is 4.79 Å². The first-order chi connectivity index (χ1) is 14.8. The molecule has 1 aliphatic rings. The fraction of sp³-hybridized carbons (Fsp3) is 0.222. The number of benzene rings is 3. The lowest BCUT2D eigenvalue weighted by molar-refractivity contribution is -0.115. The first-order valence-electron chi connectivity index (χ1n) is 10.6. The second-order valence-electron chi connectivity index (χ2n) is 9.20. The van der Waals surface area contributed by atoms with E-state index >= 15 is 0 Å². The molecule has 0 unspecified atom stereocenters. The summed E-state index contributed by atoms with van der Waals surface area (Å²) >= 11 is 0. The molecule has 31 heavy (non-hydrogen) atoms. The minimum absolute atomic E-state index is 0.0132. The van der Waals surface area contributed by atoms with Crippen molar-refractivity contribution >= 4 is 22.5 Å². The van der Waals surface area contributed by atoms with Crippen LogP contribution in [-0.4, -0.2) is 18.0 Å². The number of hydrogen-bond donors (Lipinski definition) is 2. The smallest absolute Gasteiger partial charge is 0.228 e. The van der Waals surface area contributed by atoms with Gasteiger partial charge in [0.25, 0.3) is 0 Å². The van der Waals surface area contributed by atoms with E-state index in [1.54, 1.807) is 7.11 Å². The normalized spacial score (nSPS) is 13.4. The quantitative estimate of drug-likeness (QED) is 0.407. The Kier molecular flexibility index (Phi) is 4.40. The van der Waals surface area contributed by atoms with Gasteiger partial charge in [0, 0.05) is 16.5 Å². The highest BCUT2D eigenvalue weighted by molar-refractivity contribution is 6.06. The standard InChI is InChI=1S/C27H26N2O2/c1-27(2,3)18-8-12-23-20(14-18)21-15-25(30)28-24-11-7-17(13-22(24)26(21)29-23)16-5-9-19(31-4)10-6-16/h5-14,29H,15H2,1-4H3,(H,28,30). The van der Waals surface area contributed by atoms with E-state index in [0.29, 0.717) is 6.42 Å². The number of rotatable bonds is 2. The maximum Gasteiger partial charge on any atom is 0.228 e. The highest BCUT2D eigenvalue weighted by Crippen LogP contribution is 2.40. The molecule has 1 aromatic heterocycles. The number of H-pyrrole nitrogens is 1. The van der Waals surface area contributed by atoms with Crippen LogP contribution >= 0.6 is 0 Å². The third-order valence-electron chi connectivity index (χ3n) is 6.10. The van der Waals surface area contributed by atoms with E-state index in [1.165, 1.54) is 5.56 Å². The fourth-order valence-corrected chi connectivity index (χ4v) is 4.31. The molecule has 1 aliphatic heterocycles. The molecule has 1 amide bonds. The Balaban J connectivity index is 1.70. The Morgan fingerprint density at radius 1 is 0.903 bits per heavy atom. The second kappa shape index (κ2) is 7.02. The van der Waals surface area contributed by atoms with E-state index in [-0.39, 0.29) is 11.3 Å². The molecule has 0 fully saturated rings. The van der Waals surface area contributed by atoms with Crippen molar-refractivity contribution in [1.29, 1.82) is 0 Å². The molecule has 0 radical (unpaired) electrons. The molecule has 4 aromatic rings. The summed E-state index contributed by atoms with van der Waals surface area (Å²) in [6, 6.07) is 20.8. The van der Waals surface area contributed by atoms with Crippen LogP contribution in [0.3, 0.4) is 0 Å². The van der Waals surface area contributed by atoms with Gasteiger partial charge in [-0.1, -0.05) is 45.0 Å². The monoisotopic (exact) mass is 410 g/mol. The van der Waals surface area contributed by atoms with Crippen molar-refractivity contribution in [3.8, 4) is 28.1 Å². The number of methoxy groups -OCH3 is 1. The molecule has 0 bridgehead atoms. The zero-order valence-corrected chi connectivity index (χ0v) is 18.3. The molecule has 4 nitrogen and oxygen atoms in total. The van der Waals surface area contributed by atoms with Crippen LogP contribution in [0.15, 0.2) is 60.7 Å². The average molecular weight is 411 g/mol. The summed E-state index contributed by atoms with van der Waals surface area (Å²) in [5.74, 6) is 0.845. The van der Waals surface area contributed by atoms with Gasteiger partial charge in [0.2, 0.25) is 5.91 Å². The second-order valence-corrected chi connectivity index (χ2v) is 9.20. The predicted octanol–water partition coefficient (Wildman–Crippen LogP) is 6.30. The summed E-state index contributed by atoms with van der Waals surface area (Å²) in [6.45, 7) is 6.63. The van der Waals surface area contributed by atoms with E-state index in [2.05, 4.69) is 67.5 Å². The summed E-state index contributed by atoms with van der Waals surface area (Å²) in [4.78, 5) is 16.3. The summed E-state index contributed by atoms with van der Waals surface area (Å²) in [5, 5.41) is 4.21. The lowest BCUT2D eigenvalue weighted by atomic mass is 9.86. The van der Waals surface area contributed by atoms with Crippen molar-refractivity contribution in [3.63, 3.8) is 0 Å². The lowest BCUT2D eigenvalue weighted by Gasteiger charge is -2.19. The van der Waals surface area contributed by atoms with Crippen LogP contribution in [-0.2, 0) is 16.6 Å². The molecule has 0 saturated carbocycles. The fourth-order valence-electron chi connectivity index (χ4n) is 4.31. The number of aromatic nitrogens is 1. The van der Waals surface area contributed by atoms with Gasteiger partial charge in [0.15, 0.2) is 0 Å². The van der Waals surface area contributed by atoms with Crippen LogP contribution in [0.25, 0.3) is 33.3 Å². The van der Waals surface area contributed by atoms with Crippen molar-refractivity contribution in [3.05, 3.63) is 71.8 Å². The van der Waals surface area contributed by atoms with Gasteiger partial charge >= 0.3 is 0 Å². The van der Waals surface area contributed by atoms with Gasteiger partial charge < -0.3 is 15.0 Å². The van der Waals surface area contributed by atoms with Crippen molar-refractivity contribution in [2.75, 3.05) is 12.4 Å². The Bertz CT molecular complexity index is 1310. The third-order valence-corrected chi connectivity index (χ3v) is 6.10. The first kappa shape index (κ1) is 19.4. The number of hydrogen-bond acceptors (Lipinski definition) is 2. The molecule has 0 aliphatic carbocycles. The van der Waals surface area contributed by atoms with Crippen molar-refractivity contribution in [1.82, 2.24) is 4.98 Å². The minimum Gasteiger partial charge on any atom is -0.497 e. The van der Waals surface area contributed by atoms with Crippen LogP contribution in [0.5, 0.6) is 5.75 Å². The van der Waals surface area contributed by atoms with E-state index in [9.17, 15) is 4.79 Å².